The van der Waals surface area contributed by atoms with Crippen molar-refractivity contribution in [3.05, 3.63) is 47.5 Å². The zero-order valence-corrected chi connectivity index (χ0v) is 15.2. The average Bonchev–Trinajstić information content (AvgIpc) is 2.68. The second-order valence-corrected chi connectivity index (χ2v) is 6.66. The van der Waals surface area contributed by atoms with Gasteiger partial charge in [0.2, 0.25) is 6.29 Å². The maximum Gasteiger partial charge on any atom is 0.229 e. The van der Waals surface area contributed by atoms with Crippen LogP contribution in [-0.4, -0.2) is 73.1 Å². The van der Waals surface area contributed by atoms with Crippen LogP contribution in [0.4, 0.5) is 0 Å². The van der Waals surface area contributed by atoms with Gasteiger partial charge < -0.3 is 45.2 Å². The van der Waals surface area contributed by atoms with Gasteiger partial charge in [-0.2, -0.15) is 0 Å². The largest absolute Gasteiger partial charge is 0.508 e. The number of benzene rings is 2. The standard InChI is InChI=1S/C20H22O9/c21-9-16-17(25)18(26)19(27)20(29-16)28-15-7-10(3-4-14(15)24)1-2-11-5-12(22)8-13(23)6-11/h1-8,16-27H,9H2/b2-1-/t16-,17-,18+,19-,20+/m1/s1. The van der Waals surface area contributed by atoms with Gasteiger partial charge in [0.25, 0.3) is 0 Å². The molecule has 0 amide bonds. The molecule has 0 saturated carbocycles. The molecule has 7 N–H and O–H groups in total. The zero-order valence-electron chi connectivity index (χ0n) is 15.2. The van der Waals surface area contributed by atoms with Crippen molar-refractivity contribution in [3.63, 3.8) is 0 Å². The van der Waals surface area contributed by atoms with E-state index in [-0.39, 0.29) is 23.0 Å². The summed E-state index contributed by atoms with van der Waals surface area (Å²) < 4.78 is 10.7. The lowest BCUT2D eigenvalue weighted by Crippen LogP contribution is -2.60. The Bertz CT molecular complexity index is 860. The number of ether oxygens (including phenoxy) is 2. The highest BCUT2D eigenvalue weighted by atomic mass is 16.7. The Kier molecular flexibility index (Phi) is 6.26. The molecule has 1 aliphatic heterocycles. The topological polar surface area (TPSA) is 160 Å². The summed E-state index contributed by atoms with van der Waals surface area (Å²) in [5, 5.41) is 68.0. The number of phenols is 3. The molecular formula is C20H22O9. The minimum absolute atomic E-state index is 0.0600. The quantitative estimate of drug-likeness (QED) is 0.343. The minimum atomic E-state index is -1.61. The van der Waals surface area contributed by atoms with Crippen LogP contribution < -0.4 is 4.74 Å². The molecule has 1 fully saturated rings. The number of aromatic hydroxyl groups is 3. The third-order valence-electron chi connectivity index (χ3n) is 4.47. The Morgan fingerprint density at radius 3 is 2.14 bits per heavy atom. The van der Waals surface area contributed by atoms with Crippen LogP contribution in [0.2, 0.25) is 0 Å². The van der Waals surface area contributed by atoms with Crippen molar-refractivity contribution in [2.24, 2.45) is 0 Å². The van der Waals surface area contributed by atoms with E-state index in [9.17, 15) is 35.7 Å². The van der Waals surface area contributed by atoms with Crippen LogP contribution in [0.1, 0.15) is 11.1 Å². The van der Waals surface area contributed by atoms with E-state index >= 15 is 0 Å². The van der Waals surface area contributed by atoms with Gasteiger partial charge in [0.1, 0.15) is 35.9 Å². The Labute approximate surface area is 165 Å². The second-order valence-electron chi connectivity index (χ2n) is 6.66. The summed E-state index contributed by atoms with van der Waals surface area (Å²) in [6.07, 6.45) is -4.05. The number of hydrogen-bond acceptors (Lipinski definition) is 9. The molecule has 9 nitrogen and oxygen atoms in total. The highest BCUT2D eigenvalue weighted by molar-refractivity contribution is 5.72. The molecular weight excluding hydrogens is 384 g/mol. The summed E-state index contributed by atoms with van der Waals surface area (Å²) in [6, 6.07) is 8.46. The molecule has 2 aromatic rings. The van der Waals surface area contributed by atoms with Gasteiger partial charge in [-0.1, -0.05) is 18.2 Å². The third kappa shape index (κ3) is 4.78. The van der Waals surface area contributed by atoms with Crippen molar-refractivity contribution in [3.8, 4) is 23.0 Å². The molecule has 5 atom stereocenters. The number of aliphatic hydroxyl groups is 4. The fourth-order valence-corrected chi connectivity index (χ4v) is 2.93. The fraction of sp³-hybridized carbons (Fsp3) is 0.300. The van der Waals surface area contributed by atoms with Crippen LogP contribution >= 0.6 is 0 Å². The highest BCUT2D eigenvalue weighted by Gasteiger charge is 2.44. The normalized spacial score (nSPS) is 27.2. The van der Waals surface area contributed by atoms with Gasteiger partial charge in [-0.25, -0.2) is 0 Å². The molecule has 1 saturated heterocycles. The molecule has 0 spiro atoms. The first-order valence-corrected chi connectivity index (χ1v) is 8.80. The zero-order chi connectivity index (χ0) is 21.1. The molecule has 0 aromatic heterocycles. The lowest BCUT2D eigenvalue weighted by Gasteiger charge is -2.39. The first-order valence-electron chi connectivity index (χ1n) is 8.80. The van der Waals surface area contributed by atoms with Crippen LogP contribution in [0.5, 0.6) is 23.0 Å². The van der Waals surface area contributed by atoms with Gasteiger partial charge in [-0.15, -0.1) is 0 Å². The number of rotatable bonds is 5. The van der Waals surface area contributed by atoms with Gasteiger partial charge in [0.15, 0.2) is 11.5 Å². The molecule has 29 heavy (non-hydrogen) atoms. The van der Waals surface area contributed by atoms with Crippen LogP contribution in [0, 0.1) is 0 Å². The van der Waals surface area contributed by atoms with E-state index in [2.05, 4.69) is 0 Å². The highest BCUT2D eigenvalue weighted by Crippen LogP contribution is 2.32. The van der Waals surface area contributed by atoms with E-state index in [1.165, 1.54) is 30.3 Å². The van der Waals surface area contributed by atoms with E-state index in [0.29, 0.717) is 11.1 Å². The van der Waals surface area contributed by atoms with E-state index in [1.807, 2.05) is 0 Å². The van der Waals surface area contributed by atoms with Gasteiger partial charge in [-0.3, -0.25) is 0 Å². The van der Waals surface area contributed by atoms with Gasteiger partial charge in [0, 0.05) is 6.07 Å². The molecule has 3 rings (SSSR count). The third-order valence-corrected chi connectivity index (χ3v) is 4.47. The fourth-order valence-electron chi connectivity index (χ4n) is 2.93. The number of aliphatic hydroxyl groups excluding tert-OH is 4. The SMILES string of the molecule is OC[C@H]1O[C@H](Oc2cc(/C=C\c3cc(O)cc(O)c3)ccc2O)[C@H](O)[C@@H](O)[C@@H]1O. The summed E-state index contributed by atoms with van der Waals surface area (Å²) in [5.74, 6) is -0.506. The van der Waals surface area contributed by atoms with E-state index in [1.54, 1.807) is 18.2 Å². The molecule has 2 aromatic carbocycles. The summed E-state index contributed by atoms with van der Waals surface area (Å²) in [6.45, 7) is -0.601. The summed E-state index contributed by atoms with van der Waals surface area (Å²) >= 11 is 0. The van der Waals surface area contributed by atoms with Crippen LogP contribution in [0.25, 0.3) is 12.2 Å². The Balaban J connectivity index is 1.79. The van der Waals surface area contributed by atoms with Crippen LogP contribution in [-0.2, 0) is 4.74 Å². The lowest BCUT2D eigenvalue weighted by molar-refractivity contribution is -0.277. The molecule has 0 bridgehead atoms. The maximum atomic E-state index is 10.1. The van der Waals surface area contributed by atoms with E-state index in [4.69, 9.17) is 9.47 Å². The molecule has 1 aliphatic rings. The molecule has 0 radical (unpaired) electrons. The summed E-state index contributed by atoms with van der Waals surface area (Å²) in [5.41, 5.74) is 1.11. The van der Waals surface area contributed by atoms with Gasteiger partial charge in [0.05, 0.1) is 6.61 Å². The van der Waals surface area contributed by atoms with Gasteiger partial charge >= 0.3 is 0 Å². The smallest absolute Gasteiger partial charge is 0.229 e. The van der Waals surface area contributed by atoms with Gasteiger partial charge in [-0.05, 0) is 35.4 Å². The number of phenolic OH excluding ortho intramolecular Hbond substituents is 3. The Morgan fingerprint density at radius 1 is 0.828 bits per heavy atom. The van der Waals surface area contributed by atoms with Crippen molar-refractivity contribution in [1.82, 2.24) is 0 Å². The summed E-state index contributed by atoms with van der Waals surface area (Å²) in [4.78, 5) is 0. The first kappa shape index (κ1) is 20.9. The predicted molar refractivity (Wildman–Crippen MR) is 101 cm³/mol. The molecule has 0 aliphatic carbocycles. The molecule has 9 heteroatoms. The first-order chi connectivity index (χ1) is 13.8. The molecule has 1 heterocycles. The van der Waals surface area contributed by atoms with E-state index in [0.717, 1.165) is 0 Å². The monoisotopic (exact) mass is 406 g/mol. The van der Waals surface area contributed by atoms with Crippen molar-refractivity contribution < 1.29 is 45.2 Å². The van der Waals surface area contributed by atoms with Crippen molar-refractivity contribution in [2.75, 3.05) is 6.61 Å². The van der Waals surface area contributed by atoms with Crippen molar-refractivity contribution in [1.29, 1.82) is 0 Å². The van der Waals surface area contributed by atoms with E-state index < -0.39 is 37.3 Å². The molecule has 0 unspecified atom stereocenters. The lowest BCUT2D eigenvalue weighted by atomic mass is 9.99. The Morgan fingerprint density at radius 2 is 1.48 bits per heavy atom. The average molecular weight is 406 g/mol. The Hall–Kier alpha value is -2.82. The molecule has 156 valence electrons. The van der Waals surface area contributed by atoms with Crippen LogP contribution in [0.3, 0.4) is 0 Å². The van der Waals surface area contributed by atoms with Crippen LogP contribution in [0.15, 0.2) is 36.4 Å². The maximum absolute atomic E-state index is 10.1. The second kappa shape index (κ2) is 8.68. The minimum Gasteiger partial charge on any atom is -0.508 e. The predicted octanol–water partition coefficient (Wildman–Crippen LogP) is 0.152. The summed E-state index contributed by atoms with van der Waals surface area (Å²) in [7, 11) is 0. The van der Waals surface area contributed by atoms with Crippen molar-refractivity contribution >= 4 is 12.2 Å². The number of hydrogen-bond donors (Lipinski definition) is 7. The van der Waals surface area contributed by atoms with Crippen molar-refractivity contribution in [2.45, 2.75) is 30.7 Å².